The summed E-state index contributed by atoms with van der Waals surface area (Å²) >= 11 is 6.15. The van der Waals surface area contributed by atoms with Gasteiger partial charge in [0.25, 0.3) is 0 Å². The first-order valence-electron chi connectivity index (χ1n) is 7.12. The number of carbonyl (C=O) groups is 1. The van der Waals surface area contributed by atoms with E-state index < -0.39 is 12.3 Å². The average molecular weight is 322 g/mol. The molecule has 1 unspecified atom stereocenters. The Hall–Kier alpha value is -1.98. The van der Waals surface area contributed by atoms with E-state index >= 15 is 0 Å². The van der Waals surface area contributed by atoms with Crippen molar-refractivity contribution in [3.8, 4) is 11.4 Å². The third kappa shape index (κ3) is 2.46. The third-order valence-electron chi connectivity index (χ3n) is 3.35. The van der Waals surface area contributed by atoms with Crippen molar-refractivity contribution in [3.05, 3.63) is 46.7 Å². The van der Waals surface area contributed by atoms with Gasteiger partial charge in [-0.1, -0.05) is 11.6 Å². The lowest BCUT2D eigenvalue weighted by atomic mass is 10.1. The van der Waals surface area contributed by atoms with Crippen LogP contribution in [0.4, 0.5) is 0 Å². The van der Waals surface area contributed by atoms with Gasteiger partial charge in [0.15, 0.2) is 5.75 Å². The number of aromatic nitrogens is 1. The number of nitrogens with zero attached hydrogens (tertiary/aromatic N) is 1. The Kier molecular flexibility index (Phi) is 4.09. The van der Waals surface area contributed by atoms with Gasteiger partial charge in [-0.05, 0) is 38.1 Å². The van der Waals surface area contributed by atoms with Crippen molar-refractivity contribution in [1.29, 1.82) is 0 Å². The Morgan fingerprint density at radius 3 is 2.91 bits per heavy atom. The minimum atomic E-state index is -0.568. The molecule has 1 aromatic carbocycles. The van der Waals surface area contributed by atoms with Gasteiger partial charge in [0.1, 0.15) is 5.56 Å². The average Bonchev–Trinajstić information content (AvgIpc) is 2.98. The number of hydrogen-bond acceptors (Lipinski definition) is 4. The van der Waals surface area contributed by atoms with Crippen LogP contribution in [0.2, 0.25) is 5.02 Å². The van der Waals surface area contributed by atoms with Crippen LogP contribution in [0.15, 0.2) is 30.5 Å². The lowest BCUT2D eigenvalue weighted by Gasteiger charge is -2.29. The number of benzene rings is 1. The first kappa shape index (κ1) is 14.9. The zero-order chi connectivity index (χ0) is 15.7. The summed E-state index contributed by atoms with van der Waals surface area (Å²) in [5.74, 6) is -0.0443. The van der Waals surface area contributed by atoms with Crippen LogP contribution in [0.5, 0.6) is 5.75 Å². The van der Waals surface area contributed by atoms with E-state index in [4.69, 9.17) is 25.8 Å². The van der Waals surface area contributed by atoms with Gasteiger partial charge in [-0.2, -0.15) is 0 Å². The first-order chi connectivity index (χ1) is 10.7. The molecule has 1 atom stereocenters. The molecule has 0 saturated carbocycles. The highest BCUT2D eigenvalue weighted by Gasteiger charge is 2.30. The topological polar surface area (TPSA) is 49.7 Å². The van der Waals surface area contributed by atoms with Crippen molar-refractivity contribution < 1.29 is 19.0 Å². The highest BCUT2D eigenvalue weighted by atomic mass is 35.5. The molecular weight excluding hydrogens is 306 g/mol. The maximum atomic E-state index is 12.2. The van der Waals surface area contributed by atoms with E-state index in [0.717, 1.165) is 5.69 Å². The fourth-order valence-electron chi connectivity index (χ4n) is 2.49. The van der Waals surface area contributed by atoms with E-state index in [9.17, 15) is 4.79 Å². The van der Waals surface area contributed by atoms with Gasteiger partial charge >= 0.3 is 5.97 Å². The van der Waals surface area contributed by atoms with E-state index in [0.29, 0.717) is 28.6 Å². The number of halogens is 1. The zero-order valence-electron chi connectivity index (χ0n) is 12.3. The smallest absolute Gasteiger partial charge is 0.342 e. The predicted molar refractivity (Wildman–Crippen MR) is 81.7 cm³/mol. The van der Waals surface area contributed by atoms with Crippen molar-refractivity contribution in [2.24, 2.45) is 0 Å². The molecule has 6 heteroatoms. The molecule has 2 heterocycles. The van der Waals surface area contributed by atoms with Crippen molar-refractivity contribution in [2.75, 3.05) is 13.2 Å². The number of fused-ring (bicyclic) bond motifs is 3. The molecule has 3 rings (SSSR count). The molecule has 22 heavy (non-hydrogen) atoms. The molecule has 0 amide bonds. The molecular formula is C16H16ClNO4. The van der Waals surface area contributed by atoms with Crippen molar-refractivity contribution in [3.63, 3.8) is 0 Å². The summed E-state index contributed by atoms with van der Waals surface area (Å²) in [5, 5.41) is 0.444. The summed E-state index contributed by atoms with van der Waals surface area (Å²) in [6, 6.07) is 7.11. The van der Waals surface area contributed by atoms with E-state index in [1.165, 1.54) is 0 Å². The molecule has 0 saturated heterocycles. The molecule has 1 aliphatic rings. The Bertz CT molecular complexity index is 710. The summed E-state index contributed by atoms with van der Waals surface area (Å²) in [5.41, 5.74) is 1.85. The van der Waals surface area contributed by atoms with Gasteiger partial charge in [0, 0.05) is 17.8 Å². The Balaban J connectivity index is 2.15. The lowest BCUT2D eigenvalue weighted by Crippen LogP contribution is -2.23. The first-order valence-corrected chi connectivity index (χ1v) is 7.50. The van der Waals surface area contributed by atoms with E-state index in [-0.39, 0.29) is 6.61 Å². The van der Waals surface area contributed by atoms with Gasteiger partial charge in [-0.25, -0.2) is 4.79 Å². The fraction of sp³-hybridized carbons (Fsp3) is 0.312. The number of hydrogen-bond donors (Lipinski definition) is 0. The molecule has 0 aliphatic carbocycles. The van der Waals surface area contributed by atoms with Crippen LogP contribution in [0, 0.1) is 0 Å². The molecule has 2 aromatic rings. The van der Waals surface area contributed by atoms with Crippen LogP contribution in [0.25, 0.3) is 5.69 Å². The fourth-order valence-corrected chi connectivity index (χ4v) is 2.70. The number of rotatable bonds is 4. The second kappa shape index (κ2) is 6.02. The highest BCUT2D eigenvalue weighted by Crippen LogP contribution is 2.40. The van der Waals surface area contributed by atoms with Crippen molar-refractivity contribution >= 4 is 17.6 Å². The van der Waals surface area contributed by atoms with Crippen LogP contribution in [-0.2, 0) is 9.47 Å². The highest BCUT2D eigenvalue weighted by molar-refractivity contribution is 6.31. The molecule has 0 fully saturated rings. The second-order valence-corrected chi connectivity index (χ2v) is 5.17. The molecule has 1 aliphatic heterocycles. The van der Waals surface area contributed by atoms with Gasteiger partial charge in [0.05, 0.1) is 18.0 Å². The SMILES string of the molecule is CCOC(=O)c1cc(Cl)cc2c1OC(OCC)c1cccn1-2. The second-order valence-electron chi connectivity index (χ2n) is 4.73. The predicted octanol–water partition coefficient (Wildman–Crippen LogP) is 3.73. The summed E-state index contributed by atoms with van der Waals surface area (Å²) in [4.78, 5) is 12.2. The van der Waals surface area contributed by atoms with Gasteiger partial charge in [-0.3, -0.25) is 0 Å². The molecule has 5 nitrogen and oxygen atoms in total. The normalized spacial score (nSPS) is 15.7. The summed E-state index contributed by atoms with van der Waals surface area (Å²) in [6.07, 6.45) is 1.32. The molecule has 0 spiro atoms. The number of esters is 1. The van der Waals surface area contributed by atoms with Crippen LogP contribution in [-0.4, -0.2) is 23.8 Å². The Morgan fingerprint density at radius 1 is 1.36 bits per heavy atom. The quantitative estimate of drug-likeness (QED) is 0.805. The molecule has 0 bridgehead atoms. The summed E-state index contributed by atoms with van der Waals surface area (Å²) < 4.78 is 18.5. The standard InChI is InChI=1S/C16H16ClNO4/c1-3-20-15(19)11-8-10(17)9-13-14(11)22-16(21-4-2)12-6-5-7-18(12)13/h5-9,16H,3-4H2,1-2H3. The Labute approximate surface area is 133 Å². The monoisotopic (exact) mass is 321 g/mol. The van der Waals surface area contributed by atoms with Crippen LogP contribution >= 0.6 is 11.6 Å². The minimum Gasteiger partial charge on any atom is -0.462 e. The maximum absolute atomic E-state index is 12.2. The van der Waals surface area contributed by atoms with Crippen LogP contribution in [0.1, 0.15) is 36.2 Å². The third-order valence-corrected chi connectivity index (χ3v) is 3.57. The lowest BCUT2D eigenvalue weighted by molar-refractivity contribution is -0.0868. The maximum Gasteiger partial charge on any atom is 0.342 e. The van der Waals surface area contributed by atoms with E-state index in [1.54, 1.807) is 19.1 Å². The van der Waals surface area contributed by atoms with E-state index in [1.807, 2.05) is 29.8 Å². The van der Waals surface area contributed by atoms with E-state index in [2.05, 4.69) is 0 Å². The Morgan fingerprint density at radius 2 is 2.18 bits per heavy atom. The zero-order valence-corrected chi connectivity index (χ0v) is 13.1. The largest absolute Gasteiger partial charge is 0.462 e. The summed E-state index contributed by atoms with van der Waals surface area (Å²) in [6.45, 7) is 4.42. The molecule has 116 valence electrons. The molecule has 0 N–H and O–H groups in total. The van der Waals surface area contributed by atoms with Crippen molar-refractivity contribution in [1.82, 2.24) is 4.57 Å². The van der Waals surface area contributed by atoms with Crippen LogP contribution in [0.3, 0.4) is 0 Å². The number of carbonyl (C=O) groups excluding carboxylic acids is 1. The number of ether oxygens (including phenoxy) is 3. The molecule has 1 aromatic heterocycles. The van der Waals surface area contributed by atoms with Gasteiger partial charge in [-0.15, -0.1) is 0 Å². The van der Waals surface area contributed by atoms with Gasteiger partial charge in [0.2, 0.25) is 6.29 Å². The van der Waals surface area contributed by atoms with Crippen molar-refractivity contribution in [2.45, 2.75) is 20.1 Å². The summed E-state index contributed by atoms with van der Waals surface area (Å²) in [7, 11) is 0. The van der Waals surface area contributed by atoms with Crippen LogP contribution < -0.4 is 4.74 Å². The molecule has 0 radical (unpaired) electrons. The minimum absolute atomic E-state index is 0.282. The van der Waals surface area contributed by atoms with Gasteiger partial charge < -0.3 is 18.8 Å².